The summed E-state index contributed by atoms with van der Waals surface area (Å²) >= 11 is 0. The van der Waals surface area contributed by atoms with Gasteiger partial charge < -0.3 is 24.8 Å². The molecule has 0 fully saturated rings. The van der Waals surface area contributed by atoms with Crippen molar-refractivity contribution in [2.45, 2.75) is 6.10 Å². The van der Waals surface area contributed by atoms with Crippen LogP contribution in [0.25, 0.3) is 0 Å². The van der Waals surface area contributed by atoms with E-state index in [0.717, 1.165) is 0 Å². The number of methoxy groups -OCH3 is 3. The smallest absolute Gasteiger partial charge is 0.319 e. The van der Waals surface area contributed by atoms with Crippen molar-refractivity contribution in [3.63, 3.8) is 0 Å². The third kappa shape index (κ3) is 4.84. The average Bonchev–Trinajstić information content (AvgIpc) is 2.62. The molecule has 2 N–H and O–H groups in total. The Morgan fingerprint density at radius 1 is 1.12 bits per heavy atom. The van der Waals surface area contributed by atoms with Crippen LogP contribution in [-0.4, -0.2) is 33.9 Å². The summed E-state index contributed by atoms with van der Waals surface area (Å²) in [6.07, 6.45) is -0.464. The van der Waals surface area contributed by atoms with Gasteiger partial charge in [-0.1, -0.05) is 18.2 Å². The number of benzene rings is 2. The molecule has 6 nitrogen and oxygen atoms in total. The highest BCUT2D eigenvalue weighted by Gasteiger charge is 2.15. The molecular weight excluding hydrogens is 327 g/mol. The van der Waals surface area contributed by atoms with Gasteiger partial charge in [0.2, 0.25) is 0 Å². The molecule has 0 saturated heterocycles. The molecular formula is C18H21FN2O4. The zero-order valence-electron chi connectivity index (χ0n) is 14.3. The molecule has 0 heterocycles. The predicted octanol–water partition coefficient (Wildman–Crippen LogP) is 3.35. The number of para-hydroxylation sites is 1. The summed E-state index contributed by atoms with van der Waals surface area (Å²) in [4.78, 5) is 12.2. The van der Waals surface area contributed by atoms with Crippen LogP contribution in [-0.2, 0) is 4.74 Å². The Labute approximate surface area is 145 Å². The Kier molecular flexibility index (Phi) is 6.59. The standard InChI is InChI=1S/C18H21FN2O4/c1-23-15-9-5-8-14(17(15)25-3)21-18(22)20-11-16(24-2)12-6-4-7-13(19)10-12/h4-10,16H,11H2,1-3H3,(H2,20,21,22). The minimum atomic E-state index is -0.464. The van der Waals surface area contributed by atoms with Gasteiger partial charge in [-0.3, -0.25) is 0 Å². The molecule has 0 aromatic heterocycles. The molecule has 134 valence electrons. The van der Waals surface area contributed by atoms with Crippen molar-refractivity contribution in [2.75, 3.05) is 33.2 Å². The fraction of sp³-hybridized carbons (Fsp3) is 0.278. The summed E-state index contributed by atoms with van der Waals surface area (Å²) in [6, 6.07) is 10.8. The van der Waals surface area contributed by atoms with Gasteiger partial charge in [0.05, 0.1) is 26.0 Å². The molecule has 0 bridgehead atoms. The summed E-state index contributed by atoms with van der Waals surface area (Å²) in [5.74, 6) is 0.577. The lowest BCUT2D eigenvalue weighted by molar-refractivity contribution is 0.104. The number of anilines is 1. The average molecular weight is 348 g/mol. The van der Waals surface area contributed by atoms with E-state index >= 15 is 0 Å². The second-order valence-electron chi connectivity index (χ2n) is 5.16. The molecule has 1 unspecified atom stereocenters. The van der Waals surface area contributed by atoms with Gasteiger partial charge in [0.15, 0.2) is 11.5 Å². The molecule has 0 spiro atoms. The lowest BCUT2D eigenvalue weighted by Crippen LogP contribution is -2.33. The molecule has 1 atom stereocenters. The fourth-order valence-corrected chi connectivity index (χ4v) is 2.38. The molecule has 0 aliphatic rings. The van der Waals surface area contributed by atoms with Gasteiger partial charge in [0.25, 0.3) is 0 Å². The van der Waals surface area contributed by atoms with Crippen molar-refractivity contribution in [3.05, 3.63) is 53.8 Å². The first kappa shape index (κ1) is 18.5. The van der Waals surface area contributed by atoms with Gasteiger partial charge in [-0.25, -0.2) is 9.18 Å². The SMILES string of the molecule is COc1cccc(NC(=O)NCC(OC)c2cccc(F)c2)c1OC. The minimum absolute atomic E-state index is 0.179. The third-order valence-electron chi connectivity index (χ3n) is 3.60. The highest BCUT2D eigenvalue weighted by Crippen LogP contribution is 2.34. The van der Waals surface area contributed by atoms with Crippen LogP contribution in [0.1, 0.15) is 11.7 Å². The lowest BCUT2D eigenvalue weighted by atomic mass is 10.1. The molecule has 25 heavy (non-hydrogen) atoms. The van der Waals surface area contributed by atoms with Crippen molar-refractivity contribution >= 4 is 11.7 Å². The largest absolute Gasteiger partial charge is 0.493 e. The zero-order valence-corrected chi connectivity index (χ0v) is 14.3. The number of urea groups is 1. The number of ether oxygens (including phenoxy) is 3. The van der Waals surface area contributed by atoms with Crippen LogP contribution in [0.3, 0.4) is 0 Å². The van der Waals surface area contributed by atoms with Crippen LogP contribution in [0.4, 0.5) is 14.9 Å². The molecule has 2 amide bonds. The molecule has 0 saturated carbocycles. The van der Waals surface area contributed by atoms with Gasteiger partial charge in [-0.15, -0.1) is 0 Å². The summed E-state index contributed by atoms with van der Waals surface area (Å²) in [6.45, 7) is 0.179. The van der Waals surface area contributed by atoms with E-state index in [4.69, 9.17) is 14.2 Å². The predicted molar refractivity (Wildman–Crippen MR) is 92.7 cm³/mol. The number of carbonyl (C=O) groups is 1. The molecule has 0 aliphatic heterocycles. The summed E-state index contributed by atoms with van der Waals surface area (Å²) in [7, 11) is 4.51. The van der Waals surface area contributed by atoms with Gasteiger partial charge in [-0.2, -0.15) is 0 Å². The van der Waals surface area contributed by atoms with E-state index in [2.05, 4.69) is 10.6 Å². The second kappa shape index (κ2) is 8.89. The van der Waals surface area contributed by atoms with Gasteiger partial charge in [0, 0.05) is 13.7 Å². The molecule has 0 radical (unpaired) electrons. The van der Waals surface area contributed by atoms with Gasteiger partial charge in [-0.05, 0) is 29.8 Å². The third-order valence-corrected chi connectivity index (χ3v) is 3.60. The Bertz CT molecular complexity index is 724. The van der Waals surface area contributed by atoms with E-state index in [9.17, 15) is 9.18 Å². The topological polar surface area (TPSA) is 68.8 Å². The summed E-state index contributed by atoms with van der Waals surface area (Å²) in [5.41, 5.74) is 1.11. The first-order valence-electron chi connectivity index (χ1n) is 7.63. The zero-order chi connectivity index (χ0) is 18.2. The van der Waals surface area contributed by atoms with Crippen molar-refractivity contribution in [2.24, 2.45) is 0 Å². The lowest BCUT2D eigenvalue weighted by Gasteiger charge is -2.18. The van der Waals surface area contributed by atoms with E-state index in [1.54, 1.807) is 30.3 Å². The van der Waals surface area contributed by atoms with Crippen molar-refractivity contribution in [1.29, 1.82) is 0 Å². The maximum atomic E-state index is 13.3. The number of nitrogens with one attached hydrogen (secondary N) is 2. The first-order valence-corrected chi connectivity index (χ1v) is 7.63. The van der Waals surface area contributed by atoms with Crippen molar-refractivity contribution in [1.82, 2.24) is 5.32 Å². The van der Waals surface area contributed by atoms with Crippen LogP contribution in [0.2, 0.25) is 0 Å². The number of halogens is 1. The molecule has 0 aliphatic carbocycles. The van der Waals surface area contributed by atoms with Crippen molar-refractivity contribution in [3.8, 4) is 11.5 Å². The Morgan fingerprint density at radius 3 is 2.52 bits per heavy atom. The normalized spacial score (nSPS) is 11.5. The number of carbonyl (C=O) groups excluding carboxylic acids is 1. The monoisotopic (exact) mass is 348 g/mol. The van der Waals surface area contributed by atoms with Crippen LogP contribution in [0.5, 0.6) is 11.5 Å². The number of hydrogen-bond acceptors (Lipinski definition) is 4. The summed E-state index contributed by atoms with van der Waals surface area (Å²) < 4.78 is 29.1. The van der Waals surface area contributed by atoms with Crippen molar-refractivity contribution < 1.29 is 23.4 Å². The molecule has 2 aromatic rings. The van der Waals surface area contributed by atoms with E-state index in [1.807, 2.05) is 0 Å². The van der Waals surface area contributed by atoms with Crippen LogP contribution >= 0.6 is 0 Å². The quantitative estimate of drug-likeness (QED) is 0.805. The highest BCUT2D eigenvalue weighted by molar-refractivity contribution is 5.91. The Morgan fingerprint density at radius 2 is 1.88 bits per heavy atom. The Hall–Kier alpha value is -2.80. The van der Waals surface area contributed by atoms with Crippen LogP contribution in [0.15, 0.2) is 42.5 Å². The van der Waals surface area contributed by atoms with Crippen LogP contribution < -0.4 is 20.1 Å². The minimum Gasteiger partial charge on any atom is -0.493 e. The number of hydrogen-bond donors (Lipinski definition) is 2. The molecule has 2 aromatic carbocycles. The number of amides is 2. The van der Waals surface area contributed by atoms with E-state index in [1.165, 1.54) is 33.5 Å². The maximum absolute atomic E-state index is 13.3. The Balaban J connectivity index is 2.01. The van der Waals surface area contributed by atoms with Crippen LogP contribution in [0, 0.1) is 5.82 Å². The van der Waals surface area contributed by atoms with E-state index < -0.39 is 12.1 Å². The highest BCUT2D eigenvalue weighted by atomic mass is 19.1. The second-order valence-corrected chi connectivity index (χ2v) is 5.16. The van der Waals surface area contributed by atoms with E-state index in [-0.39, 0.29) is 12.4 Å². The number of rotatable bonds is 7. The van der Waals surface area contributed by atoms with Gasteiger partial charge in [0.1, 0.15) is 5.82 Å². The fourth-order valence-electron chi connectivity index (χ4n) is 2.38. The molecule has 7 heteroatoms. The molecule has 2 rings (SSSR count). The van der Waals surface area contributed by atoms with Gasteiger partial charge >= 0.3 is 6.03 Å². The van der Waals surface area contributed by atoms with E-state index in [0.29, 0.717) is 22.7 Å². The maximum Gasteiger partial charge on any atom is 0.319 e. The first-order chi connectivity index (χ1) is 12.1. The summed E-state index contributed by atoms with van der Waals surface area (Å²) in [5, 5.41) is 5.39.